The fourth-order valence-corrected chi connectivity index (χ4v) is 3.19. The second-order valence-corrected chi connectivity index (χ2v) is 7.21. The number of anilines is 2. The van der Waals surface area contributed by atoms with E-state index in [1.54, 1.807) is 24.3 Å². The van der Waals surface area contributed by atoms with Crippen molar-refractivity contribution in [1.29, 1.82) is 0 Å². The third-order valence-electron chi connectivity index (χ3n) is 4.96. The number of ketones is 1. The van der Waals surface area contributed by atoms with Crippen molar-refractivity contribution >= 4 is 23.1 Å². The van der Waals surface area contributed by atoms with E-state index in [2.05, 4.69) is 28.2 Å². The smallest absolute Gasteiger partial charge is 0.262 e. The molecule has 6 heteroatoms. The van der Waals surface area contributed by atoms with Crippen LogP contribution >= 0.6 is 0 Å². The molecule has 0 aromatic heterocycles. The average molecular weight is 381 g/mol. The molecule has 0 saturated carbocycles. The van der Waals surface area contributed by atoms with Crippen molar-refractivity contribution in [2.45, 2.75) is 13.8 Å². The van der Waals surface area contributed by atoms with Crippen molar-refractivity contribution in [2.24, 2.45) is 0 Å². The molecule has 148 valence electrons. The van der Waals surface area contributed by atoms with E-state index in [-0.39, 0.29) is 18.3 Å². The molecule has 1 aliphatic rings. The number of carbonyl (C=O) groups excluding carboxylic acids is 2. The first kappa shape index (κ1) is 19.9. The summed E-state index contributed by atoms with van der Waals surface area (Å²) in [6, 6.07) is 12.9. The van der Waals surface area contributed by atoms with Crippen LogP contribution in [0.5, 0.6) is 5.75 Å². The standard InChI is InChI=1S/C22H27N3O3/c1-16-13-19(25-11-9-24(3)10-12-25)7-8-21(16)23-22(27)15-28-20-6-4-5-18(14-20)17(2)26/h4-8,13-14H,9-12,15H2,1-3H3,(H,23,27). The Hall–Kier alpha value is -2.86. The SMILES string of the molecule is CC(=O)c1cccc(OCC(=O)Nc2ccc(N3CCN(C)CC3)cc2C)c1. The number of piperazine rings is 1. The second kappa shape index (κ2) is 8.89. The number of nitrogens with one attached hydrogen (secondary N) is 1. The lowest BCUT2D eigenvalue weighted by atomic mass is 10.1. The van der Waals surface area contributed by atoms with Gasteiger partial charge in [-0.15, -0.1) is 0 Å². The maximum absolute atomic E-state index is 12.3. The van der Waals surface area contributed by atoms with Crippen LogP contribution in [0.4, 0.5) is 11.4 Å². The molecular formula is C22H27N3O3. The fourth-order valence-electron chi connectivity index (χ4n) is 3.19. The van der Waals surface area contributed by atoms with E-state index in [0.717, 1.165) is 37.4 Å². The lowest BCUT2D eigenvalue weighted by Gasteiger charge is -2.34. The van der Waals surface area contributed by atoms with Gasteiger partial charge in [-0.2, -0.15) is 0 Å². The van der Waals surface area contributed by atoms with Gasteiger partial charge in [-0.25, -0.2) is 0 Å². The number of Topliss-reactive ketones (excluding diaryl/α,β-unsaturated/α-hetero) is 1. The lowest BCUT2D eigenvalue weighted by Crippen LogP contribution is -2.44. The Kier molecular flexibility index (Phi) is 6.31. The normalized spacial score (nSPS) is 14.6. The summed E-state index contributed by atoms with van der Waals surface area (Å²) in [7, 11) is 2.14. The van der Waals surface area contributed by atoms with Crippen LogP contribution < -0.4 is 15.0 Å². The van der Waals surface area contributed by atoms with Gasteiger partial charge in [0.25, 0.3) is 5.91 Å². The summed E-state index contributed by atoms with van der Waals surface area (Å²) in [5, 5.41) is 2.90. The zero-order chi connectivity index (χ0) is 20.1. The molecule has 1 fully saturated rings. The predicted octanol–water partition coefficient (Wildman–Crippen LogP) is 2.97. The number of hydrogen-bond donors (Lipinski definition) is 1. The summed E-state index contributed by atoms with van der Waals surface area (Å²) >= 11 is 0. The van der Waals surface area contributed by atoms with E-state index in [9.17, 15) is 9.59 Å². The van der Waals surface area contributed by atoms with Gasteiger partial charge < -0.3 is 19.9 Å². The predicted molar refractivity (Wildman–Crippen MR) is 111 cm³/mol. The Balaban J connectivity index is 1.56. The van der Waals surface area contributed by atoms with E-state index >= 15 is 0 Å². The molecule has 0 aliphatic carbocycles. The van der Waals surface area contributed by atoms with Crippen LogP contribution in [0.2, 0.25) is 0 Å². The van der Waals surface area contributed by atoms with E-state index in [0.29, 0.717) is 11.3 Å². The highest BCUT2D eigenvalue weighted by Gasteiger charge is 2.15. The maximum atomic E-state index is 12.3. The first-order chi connectivity index (χ1) is 13.4. The number of benzene rings is 2. The van der Waals surface area contributed by atoms with E-state index < -0.39 is 0 Å². The van der Waals surface area contributed by atoms with Crippen molar-refractivity contribution in [2.75, 3.05) is 50.1 Å². The van der Waals surface area contributed by atoms with Gasteiger partial charge in [-0.05, 0) is 56.8 Å². The second-order valence-electron chi connectivity index (χ2n) is 7.21. The van der Waals surface area contributed by atoms with Gasteiger partial charge in [0.1, 0.15) is 5.75 Å². The first-order valence-electron chi connectivity index (χ1n) is 9.50. The average Bonchev–Trinajstić information content (AvgIpc) is 2.69. The molecular weight excluding hydrogens is 354 g/mol. The van der Waals surface area contributed by atoms with Crippen LogP contribution in [-0.4, -0.2) is 56.4 Å². The highest BCUT2D eigenvalue weighted by molar-refractivity contribution is 5.94. The maximum Gasteiger partial charge on any atom is 0.262 e. The molecule has 0 bridgehead atoms. The molecule has 0 spiro atoms. The van der Waals surface area contributed by atoms with E-state index in [4.69, 9.17) is 4.74 Å². The van der Waals surface area contributed by atoms with Crippen molar-refractivity contribution in [1.82, 2.24) is 4.90 Å². The minimum absolute atomic E-state index is 0.0361. The number of amides is 1. The number of carbonyl (C=O) groups is 2. The van der Waals surface area contributed by atoms with Gasteiger partial charge in [0.05, 0.1) is 0 Å². The van der Waals surface area contributed by atoms with E-state index in [1.807, 2.05) is 19.1 Å². The number of likely N-dealkylation sites (N-methyl/N-ethyl adjacent to an activating group) is 1. The molecule has 3 rings (SSSR count). The largest absolute Gasteiger partial charge is 0.484 e. The minimum atomic E-state index is -0.233. The molecule has 0 unspecified atom stereocenters. The zero-order valence-electron chi connectivity index (χ0n) is 16.7. The fraction of sp³-hybridized carbons (Fsp3) is 0.364. The van der Waals surface area contributed by atoms with Gasteiger partial charge >= 0.3 is 0 Å². The minimum Gasteiger partial charge on any atom is -0.484 e. The number of nitrogens with zero attached hydrogens (tertiary/aromatic N) is 2. The molecule has 2 aromatic rings. The summed E-state index contributed by atoms with van der Waals surface area (Å²) in [4.78, 5) is 28.4. The van der Waals surface area contributed by atoms with Crippen LogP contribution in [-0.2, 0) is 4.79 Å². The van der Waals surface area contributed by atoms with Crippen molar-refractivity contribution in [3.8, 4) is 5.75 Å². The Morgan fingerprint density at radius 3 is 2.50 bits per heavy atom. The number of rotatable bonds is 6. The quantitative estimate of drug-likeness (QED) is 0.780. The summed E-state index contributed by atoms with van der Waals surface area (Å²) in [6.45, 7) is 7.51. The van der Waals surface area contributed by atoms with Crippen molar-refractivity contribution in [3.05, 3.63) is 53.6 Å². The molecule has 6 nitrogen and oxygen atoms in total. The molecule has 1 saturated heterocycles. The van der Waals surface area contributed by atoms with Gasteiger partial charge in [0.15, 0.2) is 12.4 Å². The Morgan fingerprint density at radius 1 is 1.07 bits per heavy atom. The summed E-state index contributed by atoms with van der Waals surface area (Å²) in [6.07, 6.45) is 0. The van der Waals surface area contributed by atoms with Gasteiger partial charge in [0, 0.05) is 43.1 Å². The topological polar surface area (TPSA) is 61.9 Å². The van der Waals surface area contributed by atoms with Crippen LogP contribution in [0.25, 0.3) is 0 Å². The van der Waals surface area contributed by atoms with Crippen LogP contribution in [0.15, 0.2) is 42.5 Å². The number of aryl methyl sites for hydroxylation is 1. The van der Waals surface area contributed by atoms with Gasteiger partial charge in [-0.1, -0.05) is 12.1 Å². The van der Waals surface area contributed by atoms with Crippen LogP contribution in [0, 0.1) is 6.92 Å². The molecule has 1 heterocycles. The molecule has 2 aromatic carbocycles. The van der Waals surface area contributed by atoms with Crippen molar-refractivity contribution < 1.29 is 14.3 Å². The Morgan fingerprint density at radius 2 is 1.82 bits per heavy atom. The number of ether oxygens (including phenoxy) is 1. The summed E-state index contributed by atoms with van der Waals surface area (Å²) in [5.41, 5.74) is 3.54. The highest BCUT2D eigenvalue weighted by atomic mass is 16.5. The molecule has 28 heavy (non-hydrogen) atoms. The Bertz CT molecular complexity index is 858. The summed E-state index contributed by atoms with van der Waals surface area (Å²) in [5.74, 6) is 0.236. The van der Waals surface area contributed by atoms with Crippen LogP contribution in [0.3, 0.4) is 0 Å². The molecule has 1 amide bonds. The first-order valence-corrected chi connectivity index (χ1v) is 9.50. The van der Waals surface area contributed by atoms with Crippen molar-refractivity contribution in [3.63, 3.8) is 0 Å². The number of hydrogen-bond acceptors (Lipinski definition) is 5. The third-order valence-corrected chi connectivity index (χ3v) is 4.96. The Labute approximate surface area is 166 Å². The van der Waals surface area contributed by atoms with E-state index in [1.165, 1.54) is 12.6 Å². The van der Waals surface area contributed by atoms with Crippen LogP contribution in [0.1, 0.15) is 22.8 Å². The lowest BCUT2D eigenvalue weighted by molar-refractivity contribution is -0.118. The molecule has 1 aliphatic heterocycles. The third kappa shape index (κ3) is 5.10. The molecule has 0 atom stereocenters. The van der Waals surface area contributed by atoms with Gasteiger partial charge in [0.2, 0.25) is 0 Å². The highest BCUT2D eigenvalue weighted by Crippen LogP contribution is 2.23. The van der Waals surface area contributed by atoms with Gasteiger partial charge in [-0.3, -0.25) is 9.59 Å². The summed E-state index contributed by atoms with van der Waals surface area (Å²) < 4.78 is 5.52. The molecule has 0 radical (unpaired) electrons. The zero-order valence-corrected chi connectivity index (χ0v) is 16.7. The molecule has 1 N–H and O–H groups in total. The monoisotopic (exact) mass is 381 g/mol.